The van der Waals surface area contributed by atoms with Gasteiger partial charge >= 0.3 is 0 Å². The van der Waals surface area contributed by atoms with Gasteiger partial charge in [0.2, 0.25) is 5.91 Å². The van der Waals surface area contributed by atoms with Crippen LogP contribution in [0.2, 0.25) is 0 Å². The van der Waals surface area contributed by atoms with E-state index in [4.69, 9.17) is 9.47 Å². The number of nitrogens with zero attached hydrogens (tertiary/aromatic N) is 3. The van der Waals surface area contributed by atoms with Gasteiger partial charge in [-0.15, -0.1) is 5.10 Å². The number of carbonyl (C=O) groups excluding carboxylic acids is 1. The molecule has 1 unspecified atom stereocenters. The highest BCUT2D eigenvalue weighted by Gasteiger charge is 2.16. The number of rotatable bonds is 7. The first-order valence-corrected chi connectivity index (χ1v) is 6.57. The number of ether oxygens (including phenoxy) is 2. The SMILES string of the molecule is COc1ccc(C(O)CCC(=O)Nc2nn[nH]n2)c(OC)c1. The van der Waals surface area contributed by atoms with Crippen molar-refractivity contribution in [3.63, 3.8) is 0 Å². The van der Waals surface area contributed by atoms with Crippen LogP contribution in [0, 0.1) is 0 Å². The molecule has 0 spiro atoms. The zero-order chi connectivity index (χ0) is 15.9. The van der Waals surface area contributed by atoms with Crippen molar-refractivity contribution >= 4 is 11.9 Å². The average Bonchev–Trinajstić information content (AvgIpc) is 3.04. The lowest BCUT2D eigenvalue weighted by molar-refractivity contribution is -0.116. The Morgan fingerprint density at radius 1 is 1.41 bits per heavy atom. The van der Waals surface area contributed by atoms with Crippen LogP contribution in [-0.4, -0.2) is 45.9 Å². The molecule has 0 fully saturated rings. The molecule has 1 aromatic carbocycles. The largest absolute Gasteiger partial charge is 0.497 e. The molecule has 1 amide bonds. The molecule has 2 aromatic rings. The maximum atomic E-state index is 11.7. The Labute approximate surface area is 126 Å². The number of aliphatic hydroxyl groups excluding tert-OH is 1. The highest BCUT2D eigenvalue weighted by Crippen LogP contribution is 2.31. The Balaban J connectivity index is 1.94. The first-order valence-electron chi connectivity index (χ1n) is 6.57. The summed E-state index contributed by atoms with van der Waals surface area (Å²) in [5.74, 6) is 0.919. The molecule has 1 atom stereocenters. The lowest BCUT2D eigenvalue weighted by Crippen LogP contribution is -2.14. The lowest BCUT2D eigenvalue weighted by Gasteiger charge is -2.15. The standard InChI is InChI=1S/C13H17N5O4/c1-21-8-3-4-9(11(7-8)22-2)10(19)5-6-12(20)14-13-15-17-18-16-13/h3-4,7,10,19H,5-6H2,1-2H3,(H2,14,15,16,17,18,20). The van der Waals surface area contributed by atoms with E-state index < -0.39 is 6.10 Å². The van der Waals surface area contributed by atoms with Gasteiger partial charge in [-0.05, 0) is 23.8 Å². The van der Waals surface area contributed by atoms with Crippen LogP contribution in [0.5, 0.6) is 11.5 Å². The van der Waals surface area contributed by atoms with Crippen LogP contribution < -0.4 is 14.8 Å². The Morgan fingerprint density at radius 3 is 2.86 bits per heavy atom. The van der Waals surface area contributed by atoms with Crippen molar-refractivity contribution in [1.82, 2.24) is 20.6 Å². The zero-order valence-electron chi connectivity index (χ0n) is 12.2. The third-order valence-electron chi connectivity index (χ3n) is 3.04. The lowest BCUT2D eigenvalue weighted by atomic mass is 10.0. The van der Waals surface area contributed by atoms with Crippen molar-refractivity contribution in [2.75, 3.05) is 19.5 Å². The number of H-pyrrole nitrogens is 1. The van der Waals surface area contributed by atoms with Crippen LogP contribution in [0.3, 0.4) is 0 Å². The van der Waals surface area contributed by atoms with Crippen molar-refractivity contribution < 1.29 is 19.4 Å². The predicted octanol–water partition coefficient (Wildman–Crippen LogP) is 0.669. The van der Waals surface area contributed by atoms with Gasteiger partial charge in [-0.2, -0.15) is 5.21 Å². The summed E-state index contributed by atoms with van der Waals surface area (Å²) in [7, 11) is 3.06. The first kappa shape index (κ1) is 15.7. The molecular weight excluding hydrogens is 290 g/mol. The Hall–Kier alpha value is -2.68. The van der Waals surface area contributed by atoms with E-state index in [2.05, 4.69) is 25.9 Å². The number of anilines is 1. The second kappa shape index (κ2) is 7.36. The first-order chi connectivity index (χ1) is 10.6. The third-order valence-corrected chi connectivity index (χ3v) is 3.04. The molecule has 9 heteroatoms. The van der Waals surface area contributed by atoms with Gasteiger partial charge in [-0.25, -0.2) is 0 Å². The Kier molecular flexibility index (Phi) is 5.26. The van der Waals surface area contributed by atoms with Crippen molar-refractivity contribution in [2.45, 2.75) is 18.9 Å². The molecular formula is C13H17N5O4. The molecule has 2 rings (SSSR count). The van der Waals surface area contributed by atoms with E-state index in [9.17, 15) is 9.90 Å². The second-order valence-electron chi connectivity index (χ2n) is 4.45. The van der Waals surface area contributed by atoms with E-state index in [0.717, 1.165) is 0 Å². The number of benzene rings is 1. The monoisotopic (exact) mass is 307 g/mol. The topological polar surface area (TPSA) is 122 Å². The highest BCUT2D eigenvalue weighted by molar-refractivity contribution is 5.88. The molecule has 22 heavy (non-hydrogen) atoms. The number of methoxy groups -OCH3 is 2. The average molecular weight is 307 g/mol. The van der Waals surface area contributed by atoms with E-state index in [1.807, 2.05) is 0 Å². The van der Waals surface area contributed by atoms with Gasteiger partial charge in [0, 0.05) is 18.1 Å². The molecule has 0 aliphatic carbocycles. The van der Waals surface area contributed by atoms with Gasteiger partial charge in [-0.1, -0.05) is 5.10 Å². The van der Waals surface area contributed by atoms with Crippen molar-refractivity contribution in [3.05, 3.63) is 23.8 Å². The van der Waals surface area contributed by atoms with Crippen LogP contribution >= 0.6 is 0 Å². The highest BCUT2D eigenvalue weighted by atomic mass is 16.5. The molecule has 0 bridgehead atoms. The molecule has 3 N–H and O–H groups in total. The Bertz CT molecular complexity index is 617. The van der Waals surface area contributed by atoms with Gasteiger partial charge in [0.05, 0.1) is 20.3 Å². The van der Waals surface area contributed by atoms with Gasteiger partial charge in [0.1, 0.15) is 11.5 Å². The molecule has 0 saturated heterocycles. The maximum Gasteiger partial charge on any atom is 0.269 e. The summed E-state index contributed by atoms with van der Waals surface area (Å²) in [5, 5.41) is 25.5. The van der Waals surface area contributed by atoms with Crippen LogP contribution in [0.4, 0.5) is 5.95 Å². The number of aromatic nitrogens is 4. The smallest absolute Gasteiger partial charge is 0.269 e. The molecule has 1 heterocycles. The van der Waals surface area contributed by atoms with E-state index in [-0.39, 0.29) is 24.7 Å². The van der Waals surface area contributed by atoms with E-state index in [0.29, 0.717) is 17.1 Å². The quantitative estimate of drug-likeness (QED) is 0.687. The number of amides is 1. The number of tetrazole rings is 1. The number of hydrogen-bond acceptors (Lipinski definition) is 7. The summed E-state index contributed by atoms with van der Waals surface area (Å²) in [6, 6.07) is 5.11. The van der Waals surface area contributed by atoms with Crippen LogP contribution in [-0.2, 0) is 4.79 Å². The van der Waals surface area contributed by atoms with Gasteiger partial charge in [0.15, 0.2) is 0 Å². The summed E-state index contributed by atoms with van der Waals surface area (Å²) in [6.45, 7) is 0. The third kappa shape index (κ3) is 3.92. The summed E-state index contributed by atoms with van der Waals surface area (Å²) in [5.41, 5.74) is 0.593. The molecule has 118 valence electrons. The number of hydrogen-bond donors (Lipinski definition) is 3. The summed E-state index contributed by atoms with van der Waals surface area (Å²) < 4.78 is 10.3. The molecule has 9 nitrogen and oxygen atoms in total. The summed E-state index contributed by atoms with van der Waals surface area (Å²) in [6.07, 6.45) is -0.506. The van der Waals surface area contributed by atoms with Crippen molar-refractivity contribution in [3.8, 4) is 11.5 Å². The van der Waals surface area contributed by atoms with Gasteiger partial charge in [0.25, 0.3) is 5.95 Å². The fraction of sp³-hybridized carbons (Fsp3) is 0.385. The fourth-order valence-electron chi connectivity index (χ4n) is 1.92. The number of carbonyl (C=O) groups is 1. The number of aliphatic hydroxyl groups is 1. The van der Waals surface area contributed by atoms with Crippen molar-refractivity contribution in [2.24, 2.45) is 0 Å². The van der Waals surface area contributed by atoms with E-state index in [1.54, 1.807) is 25.3 Å². The minimum absolute atomic E-state index is 0.0986. The predicted molar refractivity (Wildman–Crippen MR) is 76.5 cm³/mol. The van der Waals surface area contributed by atoms with Crippen LogP contribution in [0.15, 0.2) is 18.2 Å². The molecule has 0 saturated carbocycles. The van der Waals surface area contributed by atoms with Crippen LogP contribution in [0.1, 0.15) is 24.5 Å². The molecule has 0 aliphatic heterocycles. The molecule has 1 aromatic heterocycles. The van der Waals surface area contributed by atoms with Gasteiger partial charge < -0.3 is 14.6 Å². The molecule has 0 radical (unpaired) electrons. The Morgan fingerprint density at radius 2 is 2.23 bits per heavy atom. The zero-order valence-corrected chi connectivity index (χ0v) is 12.2. The fourth-order valence-corrected chi connectivity index (χ4v) is 1.92. The van der Waals surface area contributed by atoms with Crippen molar-refractivity contribution in [1.29, 1.82) is 0 Å². The van der Waals surface area contributed by atoms with Gasteiger partial charge in [-0.3, -0.25) is 10.1 Å². The number of aromatic amines is 1. The van der Waals surface area contributed by atoms with E-state index >= 15 is 0 Å². The summed E-state index contributed by atoms with van der Waals surface area (Å²) >= 11 is 0. The maximum absolute atomic E-state index is 11.7. The summed E-state index contributed by atoms with van der Waals surface area (Å²) in [4.78, 5) is 11.7. The number of nitrogens with one attached hydrogen (secondary N) is 2. The molecule has 0 aliphatic rings. The second-order valence-corrected chi connectivity index (χ2v) is 4.45. The normalized spacial score (nSPS) is 11.8. The van der Waals surface area contributed by atoms with E-state index in [1.165, 1.54) is 7.11 Å². The van der Waals surface area contributed by atoms with Crippen LogP contribution in [0.25, 0.3) is 0 Å². The minimum atomic E-state index is -0.836. The minimum Gasteiger partial charge on any atom is -0.497 e.